The number of carbonyl (C=O) groups is 3. The zero-order valence-corrected chi connectivity index (χ0v) is 15.1. The topological polar surface area (TPSA) is 84.5 Å². The van der Waals surface area contributed by atoms with Crippen LogP contribution in [0.1, 0.15) is 40.2 Å². The second kappa shape index (κ2) is 8.43. The van der Waals surface area contributed by atoms with Crippen LogP contribution in [-0.4, -0.2) is 24.9 Å². The number of nitrogens with one attached hydrogen (secondary N) is 2. The minimum Gasteiger partial charge on any atom is -0.465 e. The number of amides is 2. The number of rotatable bonds is 6. The van der Waals surface area contributed by atoms with Gasteiger partial charge in [-0.2, -0.15) is 0 Å². The van der Waals surface area contributed by atoms with Crippen molar-refractivity contribution < 1.29 is 19.1 Å². The van der Waals surface area contributed by atoms with Crippen molar-refractivity contribution in [1.29, 1.82) is 0 Å². The highest BCUT2D eigenvalue weighted by molar-refractivity contribution is 7.12. The molecule has 0 aliphatic heterocycles. The monoisotopic (exact) mass is 360 g/mol. The van der Waals surface area contributed by atoms with Gasteiger partial charge in [0.05, 0.1) is 25.3 Å². The van der Waals surface area contributed by atoms with Crippen molar-refractivity contribution >= 4 is 34.8 Å². The lowest BCUT2D eigenvalue weighted by molar-refractivity contribution is -0.120. The number of benzene rings is 1. The van der Waals surface area contributed by atoms with E-state index >= 15 is 0 Å². The zero-order valence-electron chi connectivity index (χ0n) is 14.3. The number of esters is 1. The third-order valence-corrected chi connectivity index (χ3v) is 4.45. The molecule has 2 aromatic rings. The van der Waals surface area contributed by atoms with E-state index in [0.29, 0.717) is 10.6 Å². The van der Waals surface area contributed by atoms with E-state index in [1.165, 1.54) is 25.4 Å². The molecule has 2 amide bonds. The molecule has 0 bridgehead atoms. The maximum Gasteiger partial charge on any atom is 0.350 e. The fraction of sp³-hybridized carbons (Fsp3) is 0.278. The Morgan fingerprint density at radius 2 is 1.84 bits per heavy atom. The first-order valence-corrected chi connectivity index (χ1v) is 8.58. The average molecular weight is 360 g/mol. The third-order valence-electron chi connectivity index (χ3n) is 3.56. The summed E-state index contributed by atoms with van der Waals surface area (Å²) < 4.78 is 4.69. The molecular weight excluding hydrogens is 340 g/mol. The van der Waals surface area contributed by atoms with Gasteiger partial charge in [0.2, 0.25) is 11.8 Å². The number of ether oxygens (including phenoxy) is 1. The predicted octanol–water partition coefficient (Wildman–Crippen LogP) is 3.05. The van der Waals surface area contributed by atoms with Crippen molar-refractivity contribution in [3.05, 3.63) is 51.7 Å². The van der Waals surface area contributed by atoms with Gasteiger partial charge in [0, 0.05) is 6.92 Å². The average Bonchev–Trinajstić information content (AvgIpc) is 3.01. The van der Waals surface area contributed by atoms with Gasteiger partial charge in [-0.05, 0) is 23.9 Å². The first-order valence-electron chi connectivity index (χ1n) is 7.70. The van der Waals surface area contributed by atoms with Crippen LogP contribution in [0.15, 0.2) is 35.7 Å². The lowest BCUT2D eigenvalue weighted by Crippen LogP contribution is -2.29. The summed E-state index contributed by atoms with van der Waals surface area (Å²) in [5.74, 6) is -1.02. The summed E-state index contributed by atoms with van der Waals surface area (Å²) in [5.41, 5.74) is 2.34. The van der Waals surface area contributed by atoms with Crippen LogP contribution >= 0.6 is 11.3 Å². The molecule has 1 heterocycles. The van der Waals surface area contributed by atoms with Gasteiger partial charge in [-0.3, -0.25) is 9.59 Å². The minimum absolute atomic E-state index is 0.0547. The lowest BCUT2D eigenvalue weighted by Gasteiger charge is -2.18. The smallest absolute Gasteiger partial charge is 0.350 e. The number of thiophene rings is 1. The maximum absolute atomic E-state index is 12.4. The molecule has 0 spiro atoms. The molecule has 1 aromatic carbocycles. The molecule has 2 rings (SSSR count). The molecule has 0 aliphatic carbocycles. The minimum atomic E-state index is -0.498. The van der Waals surface area contributed by atoms with Gasteiger partial charge in [-0.25, -0.2) is 4.79 Å². The van der Waals surface area contributed by atoms with Crippen molar-refractivity contribution in [1.82, 2.24) is 5.32 Å². The Hall–Kier alpha value is -2.67. The van der Waals surface area contributed by atoms with E-state index in [1.54, 1.807) is 11.4 Å². The molecule has 132 valence electrons. The molecule has 2 N–H and O–H groups in total. The Bertz CT molecular complexity index is 768. The van der Waals surface area contributed by atoms with Crippen LogP contribution in [0, 0.1) is 6.92 Å². The van der Waals surface area contributed by atoms with Gasteiger partial charge in [0.1, 0.15) is 4.88 Å². The Morgan fingerprint density at radius 1 is 1.16 bits per heavy atom. The van der Waals surface area contributed by atoms with Crippen molar-refractivity contribution in [2.24, 2.45) is 0 Å². The van der Waals surface area contributed by atoms with E-state index in [9.17, 15) is 14.4 Å². The van der Waals surface area contributed by atoms with Gasteiger partial charge in [0.15, 0.2) is 0 Å². The van der Waals surface area contributed by atoms with Gasteiger partial charge in [0.25, 0.3) is 0 Å². The summed E-state index contributed by atoms with van der Waals surface area (Å²) in [7, 11) is 1.29. The molecule has 1 atom stereocenters. The highest BCUT2D eigenvalue weighted by atomic mass is 32.1. The standard InChI is InChI=1S/C18H20N2O4S/c1-11-4-6-13(7-5-11)15(19-12(2)21)10-16(22)20-14-8-9-25-17(14)18(23)24-3/h4-9,15H,10H2,1-3H3,(H,19,21)(H,20,22). The Morgan fingerprint density at radius 3 is 2.44 bits per heavy atom. The van der Waals surface area contributed by atoms with E-state index in [4.69, 9.17) is 4.74 Å². The second-order valence-electron chi connectivity index (χ2n) is 5.57. The van der Waals surface area contributed by atoms with E-state index in [-0.39, 0.29) is 18.2 Å². The number of anilines is 1. The van der Waals surface area contributed by atoms with Crippen LogP contribution in [-0.2, 0) is 14.3 Å². The third kappa shape index (κ3) is 5.15. The van der Waals surface area contributed by atoms with Crippen LogP contribution < -0.4 is 10.6 Å². The number of carbonyl (C=O) groups excluding carboxylic acids is 3. The normalized spacial score (nSPS) is 11.5. The van der Waals surface area contributed by atoms with E-state index in [1.807, 2.05) is 31.2 Å². The van der Waals surface area contributed by atoms with Gasteiger partial charge in [-0.15, -0.1) is 11.3 Å². The summed E-state index contributed by atoms with van der Waals surface area (Å²) in [6.45, 7) is 3.38. The van der Waals surface area contributed by atoms with Crippen LogP contribution in [0.25, 0.3) is 0 Å². The summed E-state index contributed by atoms with van der Waals surface area (Å²) in [5, 5.41) is 7.20. The van der Waals surface area contributed by atoms with Crippen LogP contribution in [0.3, 0.4) is 0 Å². The molecule has 0 aliphatic rings. The summed E-state index contributed by atoms with van der Waals surface area (Å²) >= 11 is 1.19. The second-order valence-corrected chi connectivity index (χ2v) is 6.49. The van der Waals surface area contributed by atoms with Crippen molar-refractivity contribution in [3.63, 3.8) is 0 Å². The van der Waals surface area contributed by atoms with E-state index < -0.39 is 12.0 Å². The Balaban J connectivity index is 2.12. The van der Waals surface area contributed by atoms with Crippen LogP contribution in [0.4, 0.5) is 5.69 Å². The van der Waals surface area contributed by atoms with Crippen LogP contribution in [0.2, 0.25) is 0 Å². The highest BCUT2D eigenvalue weighted by Crippen LogP contribution is 2.24. The quantitative estimate of drug-likeness (QED) is 0.776. The van der Waals surface area contributed by atoms with Gasteiger partial charge in [-0.1, -0.05) is 29.8 Å². The highest BCUT2D eigenvalue weighted by Gasteiger charge is 2.20. The van der Waals surface area contributed by atoms with E-state index in [2.05, 4.69) is 10.6 Å². The molecule has 7 heteroatoms. The molecule has 1 unspecified atom stereocenters. The lowest BCUT2D eigenvalue weighted by atomic mass is 10.0. The first-order chi connectivity index (χ1) is 11.9. The van der Waals surface area contributed by atoms with Gasteiger partial charge < -0.3 is 15.4 Å². The molecule has 1 aromatic heterocycles. The molecule has 25 heavy (non-hydrogen) atoms. The maximum atomic E-state index is 12.4. The molecule has 0 radical (unpaired) electrons. The summed E-state index contributed by atoms with van der Waals surface area (Å²) in [6, 6.07) is 8.82. The number of hydrogen-bond acceptors (Lipinski definition) is 5. The number of aryl methyl sites for hydroxylation is 1. The molecular formula is C18H20N2O4S. The number of hydrogen-bond donors (Lipinski definition) is 2. The van der Waals surface area contributed by atoms with Crippen molar-refractivity contribution in [3.8, 4) is 0 Å². The first kappa shape index (κ1) is 18.7. The van der Waals surface area contributed by atoms with E-state index in [0.717, 1.165) is 11.1 Å². The largest absolute Gasteiger partial charge is 0.465 e. The Kier molecular flexibility index (Phi) is 6.30. The molecule has 0 fully saturated rings. The fourth-order valence-electron chi connectivity index (χ4n) is 2.34. The molecule has 0 saturated carbocycles. The van der Waals surface area contributed by atoms with Crippen LogP contribution in [0.5, 0.6) is 0 Å². The predicted molar refractivity (Wildman–Crippen MR) is 96.6 cm³/mol. The summed E-state index contributed by atoms with van der Waals surface area (Å²) in [4.78, 5) is 35.9. The number of methoxy groups -OCH3 is 1. The van der Waals surface area contributed by atoms with Crippen molar-refractivity contribution in [2.75, 3.05) is 12.4 Å². The summed E-state index contributed by atoms with van der Waals surface area (Å²) in [6.07, 6.45) is 0.0547. The van der Waals surface area contributed by atoms with Gasteiger partial charge >= 0.3 is 5.97 Å². The molecule has 0 saturated heterocycles. The zero-order chi connectivity index (χ0) is 18.4. The fourth-order valence-corrected chi connectivity index (χ4v) is 3.11. The Labute approximate surface area is 150 Å². The molecule has 6 nitrogen and oxygen atoms in total. The van der Waals surface area contributed by atoms with Crippen molar-refractivity contribution in [2.45, 2.75) is 26.3 Å². The SMILES string of the molecule is COC(=O)c1sccc1NC(=O)CC(NC(C)=O)c1ccc(C)cc1.